The molecule has 1 fully saturated rings. The molecule has 0 radical (unpaired) electrons. The number of hydrogen-bond acceptors (Lipinski definition) is 3. The van der Waals surface area contributed by atoms with Crippen LogP contribution in [0.5, 0.6) is 0 Å². The summed E-state index contributed by atoms with van der Waals surface area (Å²) in [5, 5.41) is 17.6. The molecule has 2 heterocycles. The van der Waals surface area contributed by atoms with Crippen LogP contribution < -0.4 is 10.6 Å². The third-order valence-corrected chi connectivity index (χ3v) is 3.70. The van der Waals surface area contributed by atoms with E-state index in [9.17, 15) is 5.11 Å². The van der Waals surface area contributed by atoms with Crippen molar-refractivity contribution in [2.75, 3.05) is 13.1 Å². The third-order valence-electron chi connectivity index (χ3n) is 3.70. The van der Waals surface area contributed by atoms with E-state index < -0.39 is 5.60 Å². The Kier molecular flexibility index (Phi) is 3.66. The van der Waals surface area contributed by atoms with Crippen molar-refractivity contribution in [3.05, 3.63) is 23.9 Å². The van der Waals surface area contributed by atoms with Gasteiger partial charge in [0.1, 0.15) is 5.60 Å². The van der Waals surface area contributed by atoms with Gasteiger partial charge >= 0.3 is 0 Å². The topological polar surface area (TPSA) is 44.3 Å². The van der Waals surface area contributed by atoms with Gasteiger partial charge in [0.25, 0.3) is 0 Å². The molecule has 0 amide bonds. The molecule has 3 heteroatoms. The van der Waals surface area contributed by atoms with Crippen LogP contribution in [0, 0.1) is 0 Å². The maximum atomic E-state index is 10.8. The highest BCUT2D eigenvalue weighted by atomic mass is 16.3. The van der Waals surface area contributed by atoms with Crippen molar-refractivity contribution in [2.24, 2.45) is 0 Å². The van der Waals surface area contributed by atoms with Crippen LogP contribution in [0.25, 0.3) is 0 Å². The number of nitrogens with one attached hydrogen (secondary N) is 2. The molecular weight excluding hydrogens is 200 g/mol. The monoisotopic (exact) mass is 222 g/mol. The maximum absolute atomic E-state index is 10.8. The molecule has 2 atom stereocenters. The second kappa shape index (κ2) is 5.02. The zero-order valence-electron chi connectivity index (χ0n) is 10.00. The lowest BCUT2D eigenvalue weighted by Gasteiger charge is -2.41. The first-order valence-corrected chi connectivity index (χ1v) is 6.34. The van der Waals surface area contributed by atoms with E-state index in [-0.39, 0.29) is 6.04 Å². The van der Waals surface area contributed by atoms with Crippen LogP contribution in [-0.2, 0) is 0 Å². The molecule has 2 rings (SSSR count). The molecule has 0 aromatic rings. The van der Waals surface area contributed by atoms with Crippen LogP contribution in [0.4, 0.5) is 0 Å². The van der Waals surface area contributed by atoms with Crippen molar-refractivity contribution in [3.63, 3.8) is 0 Å². The Labute approximate surface area is 97.6 Å². The van der Waals surface area contributed by atoms with Gasteiger partial charge < -0.3 is 15.7 Å². The van der Waals surface area contributed by atoms with Crippen LogP contribution in [0.3, 0.4) is 0 Å². The summed E-state index contributed by atoms with van der Waals surface area (Å²) in [5.41, 5.74) is 0.238. The third kappa shape index (κ3) is 2.15. The van der Waals surface area contributed by atoms with Crippen molar-refractivity contribution in [3.8, 4) is 0 Å². The smallest absolute Gasteiger partial charge is 0.119 e. The molecule has 90 valence electrons. The fraction of sp³-hybridized carbons (Fsp3) is 0.692. The van der Waals surface area contributed by atoms with E-state index in [1.807, 2.05) is 12.2 Å². The molecule has 3 nitrogen and oxygen atoms in total. The van der Waals surface area contributed by atoms with Gasteiger partial charge in [-0.25, -0.2) is 0 Å². The van der Waals surface area contributed by atoms with Gasteiger partial charge in [-0.15, -0.1) is 0 Å². The SMILES string of the molecule is CCC(O)(C1=CC=CCN1)C1CCCCN1. The fourth-order valence-corrected chi connectivity index (χ4v) is 2.64. The number of allylic oxidation sites excluding steroid dienone is 2. The molecule has 2 aliphatic heterocycles. The quantitative estimate of drug-likeness (QED) is 0.674. The largest absolute Gasteiger partial charge is 0.382 e. The Balaban J connectivity index is 2.16. The standard InChI is InChI=1S/C13H22N2O/c1-2-13(16,11-7-3-5-9-14-11)12-8-4-6-10-15-12/h3,5,7,12,14-16H,2,4,6,8-10H2,1H3. The van der Waals surface area contributed by atoms with Crippen LogP contribution >= 0.6 is 0 Å². The summed E-state index contributed by atoms with van der Waals surface area (Å²) in [7, 11) is 0. The van der Waals surface area contributed by atoms with E-state index in [1.165, 1.54) is 12.8 Å². The number of rotatable bonds is 3. The van der Waals surface area contributed by atoms with E-state index >= 15 is 0 Å². The van der Waals surface area contributed by atoms with Crippen molar-refractivity contribution in [2.45, 2.75) is 44.2 Å². The number of hydrogen-bond donors (Lipinski definition) is 3. The highest BCUT2D eigenvalue weighted by Gasteiger charge is 2.39. The lowest BCUT2D eigenvalue weighted by molar-refractivity contribution is 0.0174. The molecule has 0 spiro atoms. The Hall–Kier alpha value is -0.800. The predicted molar refractivity (Wildman–Crippen MR) is 66.1 cm³/mol. The highest BCUT2D eigenvalue weighted by Crippen LogP contribution is 2.29. The predicted octanol–water partition coefficient (Wildman–Crippen LogP) is 1.31. The molecule has 0 bridgehead atoms. The fourth-order valence-electron chi connectivity index (χ4n) is 2.64. The summed E-state index contributed by atoms with van der Waals surface area (Å²) in [6.07, 6.45) is 10.3. The zero-order chi connectivity index (χ0) is 11.4. The first kappa shape index (κ1) is 11.7. The normalized spacial score (nSPS) is 29.1. The van der Waals surface area contributed by atoms with Crippen LogP contribution in [0.1, 0.15) is 32.6 Å². The molecule has 0 aliphatic carbocycles. The van der Waals surface area contributed by atoms with E-state index in [1.54, 1.807) is 0 Å². The molecule has 0 saturated carbocycles. The summed E-state index contributed by atoms with van der Waals surface area (Å²) in [6, 6.07) is 0.191. The molecule has 0 aromatic heterocycles. The van der Waals surface area contributed by atoms with Gasteiger partial charge in [0, 0.05) is 18.3 Å². The molecule has 3 N–H and O–H groups in total. The van der Waals surface area contributed by atoms with E-state index in [2.05, 4.69) is 23.6 Å². The molecule has 2 aliphatic rings. The van der Waals surface area contributed by atoms with Gasteiger partial charge in [-0.2, -0.15) is 0 Å². The lowest BCUT2D eigenvalue weighted by atomic mass is 9.82. The first-order valence-electron chi connectivity index (χ1n) is 6.34. The van der Waals surface area contributed by atoms with Crippen LogP contribution in [0.15, 0.2) is 23.9 Å². The maximum Gasteiger partial charge on any atom is 0.119 e. The average molecular weight is 222 g/mol. The van der Waals surface area contributed by atoms with Crippen LogP contribution in [0.2, 0.25) is 0 Å². The number of aliphatic hydroxyl groups is 1. The van der Waals surface area contributed by atoms with Crippen molar-refractivity contribution in [1.29, 1.82) is 0 Å². The molecule has 2 unspecified atom stereocenters. The summed E-state index contributed by atoms with van der Waals surface area (Å²) < 4.78 is 0. The number of piperidine rings is 1. The lowest BCUT2D eigenvalue weighted by Crippen LogP contribution is -2.56. The Morgan fingerprint density at radius 2 is 2.38 bits per heavy atom. The Morgan fingerprint density at radius 3 is 2.94 bits per heavy atom. The van der Waals surface area contributed by atoms with Gasteiger partial charge in [-0.1, -0.05) is 25.5 Å². The minimum Gasteiger partial charge on any atom is -0.382 e. The minimum absolute atomic E-state index is 0.191. The van der Waals surface area contributed by atoms with Crippen LogP contribution in [-0.4, -0.2) is 29.8 Å². The van der Waals surface area contributed by atoms with Gasteiger partial charge in [0.2, 0.25) is 0 Å². The van der Waals surface area contributed by atoms with E-state index in [0.717, 1.165) is 31.6 Å². The number of dihydropyridines is 1. The average Bonchev–Trinajstić information content (AvgIpc) is 2.40. The minimum atomic E-state index is -0.731. The van der Waals surface area contributed by atoms with Gasteiger partial charge in [-0.3, -0.25) is 0 Å². The van der Waals surface area contributed by atoms with Crippen molar-refractivity contribution < 1.29 is 5.11 Å². The second-order valence-electron chi connectivity index (χ2n) is 4.67. The summed E-state index contributed by atoms with van der Waals surface area (Å²) in [5.74, 6) is 0. The first-order chi connectivity index (χ1) is 7.77. The van der Waals surface area contributed by atoms with Gasteiger partial charge in [-0.05, 0) is 31.9 Å². The Bertz CT molecular complexity index is 292. The van der Waals surface area contributed by atoms with Crippen molar-refractivity contribution in [1.82, 2.24) is 10.6 Å². The highest BCUT2D eigenvalue weighted by molar-refractivity contribution is 5.27. The molecule has 0 aromatic carbocycles. The van der Waals surface area contributed by atoms with Gasteiger partial charge in [0.05, 0.1) is 0 Å². The summed E-state index contributed by atoms with van der Waals surface area (Å²) >= 11 is 0. The summed E-state index contributed by atoms with van der Waals surface area (Å²) in [6.45, 7) is 3.90. The Morgan fingerprint density at radius 1 is 1.50 bits per heavy atom. The second-order valence-corrected chi connectivity index (χ2v) is 4.67. The molecular formula is C13H22N2O. The van der Waals surface area contributed by atoms with E-state index in [0.29, 0.717) is 0 Å². The molecule has 1 saturated heterocycles. The van der Waals surface area contributed by atoms with E-state index in [4.69, 9.17) is 0 Å². The van der Waals surface area contributed by atoms with Crippen molar-refractivity contribution >= 4 is 0 Å². The van der Waals surface area contributed by atoms with Gasteiger partial charge in [0.15, 0.2) is 0 Å². The molecule has 16 heavy (non-hydrogen) atoms. The zero-order valence-corrected chi connectivity index (χ0v) is 10.00. The summed E-state index contributed by atoms with van der Waals surface area (Å²) in [4.78, 5) is 0.